The van der Waals surface area contributed by atoms with Crippen LogP contribution >= 0.6 is 11.6 Å². The average Bonchev–Trinajstić information content (AvgIpc) is 2.61. The smallest absolute Gasteiger partial charge is 0.405 e. The molecule has 0 radical (unpaired) electrons. The zero-order valence-electron chi connectivity index (χ0n) is 8.63. The molecule has 4 N–H and O–H groups in total. The number of anilines is 1. The Morgan fingerprint density at radius 1 is 1.41 bits per heavy atom. The molecule has 7 heteroatoms. The van der Waals surface area contributed by atoms with Crippen molar-refractivity contribution in [2.45, 2.75) is 0 Å². The summed E-state index contributed by atoms with van der Waals surface area (Å²) < 4.78 is 6.04. The summed E-state index contributed by atoms with van der Waals surface area (Å²) in [5.74, 6) is 0.245. The molecule has 2 rings (SSSR count). The fourth-order valence-corrected chi connectivity index (χ4v) is 1.56. The highest BCUT2D eigenvalue weighted by atomic mass is 35.5. The predicted octanol–water partition coefficient (Wildman–Crippen LogP) is 1.57. The minimum atomic E-state index is -0.949. The van der Waals surface area contributed by atoms with E-state index in [1.54, 1.807) is 24.3 Å². The lowest BCUT2D eigenvalue weighted by atomic mass is 10.3. The van der Waals surface area contributed by atoms with Gasteiger partial charge in [-0.05, 0) is 12.1 Å². The van der Waals surface area contributed by atoms with Crippen LogP contribution in [0.4, 0.5) is 10.6 Å². The zero-order valence-corrected chi connectivity index (χ0v) is 9.39. The normalized spacial score (nSPS) is 10.2. The number of aromatic nitrogens is 2. The summed E-state index contributed by atoms with van der Waals surface area (Å²) in [5.41, 5.74) is 11.2. The molecular weight excluding hydrogens is 244 g/mol. The van der Waals surface area contributed by atoms with E-state index < -0.39 is 6.09 Å². The topological polar surface area (TPSA) is 96.2 Å². The fourth-order valence-electron chi connectivity index (χ4n) is 1.35. The third-order valence-electron chi connectivity index (χ3n) is 2.06. The van der Waals surface area contributed by atoms with Crippen LogP contribution in [0.5, 0.6) is 5.75 Å². The number of nitrogens with zero attached hydrogens (tertiary/aromatic N) is 2. The molecule has 1 aromatic heterocycles. The van der Waals surface area contributed by atoms with Gasteiger partial charge in [0, 0.05) is 0 Å². The van der Waals surface area contributed by atoms with Crippen LogP contribution in [0.25, 0.3) is 5.69 Å². The van der Waals surface area contributed by atoms with Gasteiger partial charge in [0.05, 0.1) is 16.9 Å². The Morgan fingerprint density at radius 2 is 2.12 bits per heavy atom. The number of rotatable bonds is 2. The van der Waals surface area contributed by atoms with Crippen LogP contribution < -0.4 is 16.2 Å². The van der Waals surface area contributed by atoms with E-state index in [2.05, 4.69) is 9.84 Å². The Bertz CT molecular complexity index is 567. The van der Waals surface area contributed by atoms with Crippen molar-refractivity contribution in [3.8, 4) is 11.4 Å². The van der Waals surface area contributed by atoms with E-state index in [0.29, 0.717) is 10.7 Å². The molecule has 1 aromatic carbocycles. The number of hydrogen-bond donors (Lipinski definition) is 2. The molecule has 2 aromatic rings. The van der Waals surface area contributed by atoms with Gasteiger partial charge in [-0.15, -0.1) is 0 Å². The second-order valence-corrected chi connectivity index (χ2v) is 3.59. The van der Waals surface area contributed by atoms with Crippen molar-refractivity contribution in [3.63, 3.8) is 0 Å². The number of hydrogen-bond acceptors (Lipinski definition) is 4. The zero-order chi connectivity index (χ0) is 12.4. The van der Waals surface area contributed by atoms with Crippen molar-refractivity contribution in [1.82, 2.24) is 9.78 Å². The van der Waals surface area contributed by atoms with E-state index >= 15 is 0 Å². The molecule has 0 fully saturated rings. The van der Waals surface area contributed by atoms with Crippen molar-refractivity contribution >= 4 is 23.5 Å². The molecular formula is C10H9ClN4O2. The van der Waals surface area contributed by atoms with Gasteiger partial charge in [-0.3, -0.25) is 0 Å². The number of para-hydroxylation sites is 1. The highest BCUT2D eigenvalue weighted by Gasteiger charge is 2.13. The van der Waals surface area contributed by atoms with Gasteiger partial charge in [0.25, 0.3) is 0 Å². The largest absolute Gasteiger partial charge is 0.410 e. The fraction of sp³-hybridized carbons (Fsp3) is 0. The van der Waals surface area contributed by atoms with Crippen LogP contribution in [-0.2, 0) is 0 Å². The predicted molar refractivity (Wildman–Crippen MR) is 63.2 cm³/mol. The average molecular weight is 253 g/mol. The number of amides is 1. The molecule has 0 saturated carbocycles. The number of nitrogen functional groups attached to an aromatic ring is 1. The van der Waals surface area contributed by atoms with Crippen LogP contribution in [-0.4, -0.2) is 15.9 Å². The van der Waals surface area contributed by atoms with Gasteiger partial charge < -0.3 is 16.2 Å². The van der Waals surface area contributed by atoms with Crippen molar-refractivity contribution in [2.75, 3.05) is 5.73 Å². The molecule has 0 aliphatic carbocycles. The monoisotopic (exact) mass is 252 g/mol. The van der Waals surface area contributed by atoms with Crippen molar-refractivity contribution in [1.29, 1.82) is 0 Å². The molecule has 0 spiro atoms. The number of ether oxygens (including phenoxy) is 1. The first-order chi connectivity index (χ1) is 8.09. The summed E-state index contributed by atoms with van der Waals surface area (Å²) in [6, 6.07) is 7.01. The highest BCUT2D eigenvalue weighted by molar-refractivity contribution is 6.32. The maximum absolute atomic E-state index is 10.6. The molecule has 0 bridgehead atoms. The molecule has 1 amide bonds. The number of carbonyl (C=O) groups is 1. The molecule has 17 heavy (non-hydrogen) atoms. The molecule has 0 unspecified atom stereocenters. The molecule has 0 saturated heterocycles. The van der Waals surface area contributed by atoms with E-state index in [-0.39, 0.29) is 11.6 Å². The molecule has 0 aliphatic heterocycles. The van der Waals surface area contributed by atoms with Crippen LogP contribution in [0, 0.1) is 0 Å². The number of primary amides is 1. The lowest BCUT2D eigenvalue weighted by Crippen LogP contribution is -2.16. The third kappa shape index (κ3) is 2.16. The van der Waals surface area contributed by atoms with E-state index in [1.165, 1.54) is 10.9 Å². The molecule has 88 valence electrons. The molecule has 0 atom stereocenters. The third-order valence-corrected chi connectivity index (χ3v) is 2.38. The summed E-state index contributed by atoms with van der Waals surface area (Å²) in [4.78, 5) is 10.6. The summed E-state index contributed by atoms with van der Waals surface area (Å²) in [5, 5.41) is 4.45. The lowest BCUT2D eigenvalue weighted by molar-refractivity contribution is 0.211. The van der Waals surface area contributed by atoms with E-state index in [9.17, 15) is 4.79 Å². The Hall–Kier alpha value is -2.21. The van der Waals surface area contributed by atoms with Crippen LogP contribution in [0.1, 0.15) is 0 Å². The standard InChI is InChI=1S/C10H9ClN4O2/c11-6-3-1-2-4-7(6)15-9(12)8(5-14-15)17-10(13)16/h1-5H,12H2,(H2,13,16). The van der Waals surface area contributed by atoms with E-state index in [0.717, 1.165) is 0 Å². The van der Waals surface area contributed by atoms with Gasteiger partial charge in [0.2, 0.25) is 0 Å². The van der Waals surface area contributed by atoms with Gasteiger partial charge in [-0.2, -0.15) is 5.10 Å². The van der Waals surface area contributed by atoms with E-state index in [1.807, 2.05) is 0 Å². The van der Waals surface area contributed by atoms with Crippen molar-refractivity contribution < 1.29 is 9.53 Å². The van der Waals surface area contributed by atoms with Crippen molar-refractivity contribution in [2.24, 2.45) is 5.73 Å². The second-order valence-electron chi connectivity index (χ2n) is 3.18. The number of benzene rings is 1. The highest BCUT2D eigenvalue weighted by Crippen LogP contribution is 2.27. The molecule has 0 aliphatic rings. The van der Waals surface area contributed by atoms with Crippen LogP contribution in [0.2, 0.25) is 5.02 Å². The van der Waals surface area contributed by atoms with Crippen LogP contribution in [0.15, 0.2) is 30.5 Å². The number of nitrogens with two attached hydrogens (primary N) is 2. The molecule has 1 heterocycles. The maximum atomic E-state index is 10.6. The summed E-state index contributed by atoms with van der Waals surface area (Å²) in [6.07, 6.45) is 0.346. The minimum Gasteiger partial charge on any atom is -0.405 e. The van der Waals surface area contributed by atoms with Crippen LogP contribution in [0.3, 0.4) is 0 Å². The summed E-state index contributed by atoms with van der Waals surface area (Å²) in [6.45, 7) is 0. The first-order valence-corrected chi connectivity index (χ1v) is 5.03. The van der Waals surface area contributed by atoms with Gasteiger partial charge in [0.1, 0.15) is 0 Å². The molecule has 6 nitrogen and oxygen atoms in total. The minimum absolute atomic E-state index is 0.0948. The van der Waals surface area contributed by atoms with Gasteiger partial charge >= 0.3 is 6.09 Å². The Morgan fingerprint density at radius 3 is 2.76 bits per heavy atom. The number of halogens is 1. The Labute approximate surface area is 102 Å². The van der Waals surface area contributed by atoms with Crippen molar-refractivity contribution in [3.05, 3.63) is 35.5 Å². The lowest BCUT2D eigenvalue weighted by Gasteiger charge is -2.06. The first kappa shape index (κ1) is 11.3. The quantitative estimate of drug-likeness (QED) is 0.848. The maximum Gasteiger partial charge on any atom is 0.410 e. The van der Waals surface area contributed by atoms with Gasteiger partial charge in [-0.1, -0.05) is 23.7 Å². The van der Waals surface area contributed by atoms with E-state index in [4.69, 9.17) is 23.1 Å². The second kappa shape index (κ2) is 4.34. The Kier molecular flexibility index (Phi) is 2.88. The number of carbonyl (C=O) groups excluding carboxylic acids is 1. The Balaban J connectivity index is 2.44. The van der Waals surface area contributed by atoms with Gasteiger partial charge in [-0.25, -0.2) is 9.48 Å². The van der Waals surface area contributed by atoms with Gasteiger partial charge in [0.15, 0.2) is 11.6 Å². The summed E-state index contributed by atoms with van der Waals surface area (Å²) >= 11 is 6.00. The first-order valence-electron chi connectivity index (χ1n) is 4.65. The SMILES string of the molecule is NC(=O)Oc1cnn(-c2ccccc2Cl)c1N. The summed E-state index contributed by atoms with van der Waals surface area (Å²) in [7, 11) is 0.